The van der Waals surface area contributed by atoms with Gasteiger partial charge in [-0.1, -0.05) is 18.2 Å². The maximum Gasteiger partial charge on any atom is 0.414 e. The third kappa shape index (κ3) is 3.77. The number of amides is 1. The Morgan fingerprint density at radius 2 is 1.90 bits per heavy atom. The summed E-state index contributed by atoms with van der Waals surface area (Å²) in [5, 5.41) is 9.07. The average Bonchev–Trinajstić information content (AvgIpc) is 2.74. The van der Waals surface area contributed by atoms with Crippen molar-refractivity contribution in [3.05, 3.63) is 58.9 Å². The Morgan fingerprint density at radius 3 is 2.58 bits per heavy atom. The summed E-state index contributed by atoms with van der Waals surface area (Å²) < 4.78 is 46.1. The number of hydrogen-bond donors (Lipinski definition) is 1. The number of aryl methyl sites for hydroxylation is 1. The lowest BCUT2D eigenvalue weighted by atomic mass is 10.00. The summed E-state index contributed by atoms with van der Waals surface area (Å²) in [5.41, 5.74) is 1.96. The number of sulfonamides is 1. The van der Waals surface area contributed by atoms with Gasteiger partial charge in [0.25, 0.3) is 0 Å². The van der Waals surface area contributed by atoms with Gasteiger partial charge in [0.1, 0.15) is 12.4 Å². The normalized spacial score (nSPS) is 17.9. The molecule has 0 unspecified atom stereocenters. The number of para-hydroxylation sites is 1. The lowest BCUT2D eigenvalue weighted by Gasteiger charge is -2.40. The number of benzene rings is 2. The lowest BCUT2D eigenvalue weighted by molar-refractivity contribution is 0.0691. The van der Waals surface area contributed by atoms with Crippen LogP contribution in [0.3, 0.4) is 0 Å². The molecular formula is C21H21FN2O6S. The molecule has 0 bridgehead atoms. The van der Waals surface area contributed by atoms with Gasteiger partial charge in [0.15, 0.2) is 0 Å². The highest BCUT2D eigenvalue weighted by atomic mass is 32.2. The first-order valence-electron chi connectivity index (χ1n) is 9.77. The Hall–Kier alpha value is -2.98. The Balaban J connectivity index is 1.55. The topological polar surface area (TPSA) is 104 Å². The summed E-state index contributed by atoms with van der Waals surface area (Å²) in [4.78, 5) is 25.0. The minimum atomic E-state index is -4.00. The molecule has 10 heteroatoms. The van der Waals surface area contributed by atoms with Crippen LogP contribution in [0.2, 0.25) is 0 Å². The number of cyclic esters (lactones) is 1. The van der Waals surface area contributed by atoms with Crippen molar-refractivity contribution in [2.75, 3.05) is 18.0 Å². The molecule has 1 saturated heterocycles. The molecule has 0 radical (unpaired) electrons. The number of carboxylic acids is 1. The number of nitrogens with zero attached hydrogens (tertiary/aromatic N) is 2. The number of piperidine rings is 1. The molecule has 1 amide bonds. The molecular weight excluding hydrogens is 427 g/mol. The number of hydrogen-bond acceptors (Lipinski definition) is 5. The van der Waals surface area contributed by atoms with Gasteiger partial charge in [-0.3, -0.25) is 4.90 Å². The molecule has 0 atom stereocenters. The molecule has 0 spiro atoms. The minimum absolute atomic E-state index is 0.137. The molecule has 8 nitrogen and oxygen atoms in total. The highest BCUT2D eigenvalue weighted by Gasteiger charge is 2.38. The monoisotopic (exact) mass is 448 g/mol. The van der Waals surface area contributed by atoms with Gasteiger partial charge in [0.05, 0.1) is 16.1 Å². The molecule has 164 valence electrons. The van der Waals surface area contributed by atoms with Crippen LogP contribution in [-0.4, -0.2) is 49.0 Å². The Morgan fingerprint density at radius 1 is 1.19 bits per heavy atom. The number of anilines is 1. The van der Waals surface area contributed by atoms with Crippen LogP contribution in [0.1, 0.15) is 34.3 Å². The van der Waals surface area contributed by atoms with E-state index < -0.39 is 33.5 Å². The van der Waals surface area contributed by atoms with Gasteiger partial charge in [-0.15, -0.1) is 0 Å². The van der Waals surface area contributed by atoms with E-state index in [0.29, 0.717) is 12.8 Å². The first kappa shape index (κ1) is 21.3. The zero-order valence-corrected chi connectivity index (χ0v) is 17.6. The fraction of sp³-hybridized carbons (Fsp3) is 0.333. The fourth-order valence-electron chi connectivity index (χ4n) is 4.13. The van der Waals surface area contributed by atoms with Crippen LogP contribution in [0.15, 0.2) is 41.3 Å². The van der Waals surface area contributed by atoms with Crippen LogP contribution in [0.4, 0.5) is 14.9 Å². The summed E-state index contributed by atoms with van der Waals surface area (Å²) in [6, 6.07) is 8.21. The van der Waals surface area contributed by atoms with Crippen molar-refractivity contribution in [3.63, 3.8) is 0 Å². The molecule has 2 aromatic carbocycles. The van der Waals surface area contributed by atoms with Crippen LogP contribution in [0, 0.1) is 12.7 Å². The molecule has 2 aliphatic rings. The third-order valence-corrected chi connectivity index (χ3v) is 7.60. The van der Waals surface area contributed by atoms with Crippen molar-refractivity contribution >= 4 is 27.8 Å². The number of rotatable bonds is 4. The third-order valence-electron chi connectivity index (χ3n) is 5.70. The van der Waals surface area contributed by atoms with Crippen LogP contribution < -0.4 is 4.90 Å². The van der Waals surface area contributed by atoms with E-state index in [2.05, 4.69) is 0 Å². The molecule has 31 heavy (non-hydrogen) atoms. The van der Waals surface area contributed by atoms with Gasteiger partial charge in [-0.2, -0.15) is 4.31 Å². The molecule has 0 aromatic heterocycles. The van der Waals surface area contributed by atoms with Gasteiger partial charge in [0.2, 0.25) is 10.0 Å². The van der Waals surface area contributed by atoms with Gasteiger partial charge in [-0.05, 0) is 43.5 Å². The highest BCUT2D eigenvalue weighted by Crippen LogP contribution is 2.35. The molecule has 0 aliphatic carbocycles. The van der Waals surface area contributed by atoms with Crippen LogP contribution in [0.25, 0.3) is 0 Å². The molecule has 2 heterocycles. The van der Waals surface area contributed by atoms with E-state index in [1.54, 1.807) is 4.90 Å². The minimum Gasteiger partial charge on any atom is -0.478 e. The summed E-state index contributed by atoms with van der Waals surface area (Å²) in [6.07, 6.45) is 0.317. The smallest absolute Gasteiger partial charge is 0.414 e. The van der Waals surface area contributed by atoms with Crippen molar-refractivity contribution in [2.24, 2.45) is 0 Å². The first-order chi connectivity index (χ1) is 14.7. The predicted octanol–water partition coefficient (Wildman–Crippen LogP) is 3.14. The molecule has 4 rings (SSSR count). The number of aromatic carboxylic acids is 1. The van der Waals surface area contributed by atoms with E-state index in [1.807, 2.05) is 25.1 Å². The Bertz CT molecular complexity index is 1160. The maximum atomic E-state index is 13.7. The van der Waals surface area contributed by atoms with Crippen molar-refractivity contribution in [3.8, 4) is 0 Å². The van der Waals surface area contributed by atoms with E-state index >= 15 is 0 Å². The average molecular weight is 448 g/mol. The summed E-state index contributed by atoms with van der Waals surface area (Å²) >= 11 is 0. The lowest BCUT2D eigenvalue weighted by Crippen LogP contribution is -2.50. The molecule has 1 fully saturated rings. The second-order valence-electron chi connectivity index (χ2n) is 7.59. The quantitative estimate of drug-likeness (QED) is 0.771. The highest BCUT2D eigenvalue weighted by molar-refractivity contribution is 7.89. The van der Waals surface area contributed by atoms with E-state index in [4.69, 9.17) is 9.84 Å². The largest absolute Gasteiger partial charge is 0.478 e. The summed E-state index contributed by atoms with van der Waals surface area (Å²) in [5.74, 6) is -2.53. The zero-order chi connectivity index (χ0) is 22.3. The molecule has 2 aliphatic heterocycles. The number of ether oxygens (including phenoxy) is 1. The van der Waals surface area contributed by atoms with Crippen molar-refractivity contribution in [1.29, 1.82) is 0 Å². The first-order valence-corrected chi connectivity index (χ1v) is 11.2. The Labute approximate surface area is 178 Å². The van der Waals surface area contributed by atoms with Gasteiger partial charge in [0, 0.05) is 24.7 Å². The van der Waals surface area contributed by atoms with Gasteiger partial charge in [-0.25, -0.2) is 22.4 Å². The number of fused-ring (bicyclic) bond motifs is 1. The van der Waals surface area contributed by atoms with E-state index in [1.165, 1.54) is 4.31 Å². The van der Waals surface area contributed by atoms with E-state index in [-0.39, 0.29) is 30.6 Å². The SMILES string of the molecule is Cc1cccc2c1N(C1CCN(S(=O)(=O)c3ccc(F)c(C(=O)O)c3)CC1)C(=O)OC2. The van der Waals surface area contributed by atoms with E-state index in [9.17, 15) is 22.4 Å². The van der Waals surface area contributed by atoms with E-state index in [0.717, 1.165) is 35.0 Å². The van der Waals surface area contributed by atoms with Crippen LogP contribution >= 0.6 is 0 Å². The van der Waals surface area contributed by atoms with Crippen molar-refractivity contribution in [2.45, 2.75) is 37.3 Å². The van der Waals surface area contributed by atoms with Crippen LogP contribution in [-0.2, 0) is 21.4 Å². The number of carboxylic acid groups (broad SMARTS) is 1. The Kier molecular flexibility index (Phi) is 5.44. The zero-order valence-electron chi connectivity index (χ0n) is 16.7. The number of carbonyl (C=O) groups is 2. The number of carbonyl (C=O) groups excluding carboxylic acids is 1. The van der Waals surface area contributed by atoms with Gasteiger partial charge < -0.3 is 9.84 Å². The standard InChI is InChI=1S/C21H21FN2O6S/c1-13-3-2-4-14-12-30-21(27)24(19(13)14)15-7-9-23(10-8-15)31(28,29)16-5-6-18(22)17(11-16)20(25)26/h2-6,11,15H,7-10,12H2,1H3,(H,25,26). The second-order valence-corrected chi connectivity index (χ2v) is 9.53. The molecule has 0 saturated carbocycles. The second kappa shape index (κ2) is 7.93. The molecule has 1 N–H and O–H groups in total. The number of halogens is 1. The van der Waals surface area contributed by atoms with Crippen LogP contribution in [0.5, 0.6) is 0 Å². The fourth-order valence-corrected chi connectivity index (χ4v) is 5.63. The summed E-state index contributed by atoms with van der Waals surface area (Å²) in [6.45, 7) is 2.39. The van der Waals surface area contributed by atoms with Gasteiger partial charge >= 0.3 is 12.1 Å². The molecule has 2 aromatic rings. The van der Waals surface area contributed by atoms with Crippen molar-refractivity contribution < 1.29 is 32.2 Å². The van der Waals surface area contributed by atoms with Crippen molar-refractivity contribution in [1.82, 2.24) is 4.31 Å². The summed E-state index contributed by atoms with van der Waals surface area (Å²) in [7, 11) is -4.00. The predicted molar refractivity (Wildman–Crippen MR) is 109 cm³/mol. The maximum absolute atomic E-state index is 13.7.